The number of fused-ring (bicyclic) bond motifs is 3. The molecule has 0 amide bonds. The zero-order valence-electron chi connectivity index (χ0n) is 13.6. The topological polar surface area (TPSA) is 105 Å². The Bertz CT molecular complexity index is 1030. The lowest BCUT2D eigenvalue weighted by molar-refractivity contribution is -0.725. The minimum atomic E-state index is -1.24. The Labute approximate surface area is 152 Å². The van der Waals surface area contributed by atoms with Crippen LogP contribution in [-0.2, 0) is 4.87 Å². The highest BCUT2D eigenvalue weighted by atomic mass is 32.2. The van der Waals surface area contributed by atoms with Crippen LogP contribution in [0.25, 0.3) is 0 Å². The van der Waals surface area contributed by atoms with Crippen LogP contribution in [0.1, 0.15) is 11.3 Å². The molecule has 2 aliphatic carbocycles. The van der Waals surface area contributed by atoms with Gasteiger partial charge in [0.1, 0.15) is 12.7 Å². The number of nitro groups is 1. The number of aromatic nitrogens is 1. The summed E-state index contributed by atoms with van der Waals surface area (Å²) in [7, 11) is 1.76. The van der Waals surface area contributed by atoms with Gasteiger partial charge in [0.15, 0.2) is 0 Å². The molecule has 0 bridgehead atoms. The van der Waals surface area contributed by atoms with Gasteiger partial charge < -0.3 is 5.21 Å². The zero-order chi connectivity index (χ0) is 18.5. The standard InChI is InChI=1S/C17H13N4O4S/c1-19-12-7-3-2-4-8-14(12)26-17(19)15(21(24)25)10-13(20(22)23)11-6-5-9-18-16(11)17/h2-10H,1H3,(H,22,23)/q+1/t17-/m1/s1. The fraction of sp³-hybridized carbons (Fsp3) is 0.118. The molecule has 2 heterocycles. The number of likely N-dealkylation sites (N-methyl/N-ethyl adjacent to an activating group) is 1. The Balaban J connectivity index is 2.09. The molecule has 0 radical (unpaired) electrons. The molecule has 1 spiro atoms. The van der Waals surface area contributed by atoms with Crippen LogP contribution in [0.3, 0.4) is 0 Å². The van der Waals surface area contributed by atoms with Gasteiger partial charge in [-0.3, -0.25) is 20.3 Å². The molecule has 3 aliphatic rings. The van der Waals surface area contributed by atoms with Crippen LogP contribution in [-0.4, -0.2) is 43.1 Å². The molecule has 9 heteroatoms. The molecule has 8 nitrogen and oxygen atoms in total. The first-order valence-electron chi connectivity index (χ1n) is 7.67. The van der Waals surface area contributed by atoms with Crippen molar-refractivity contribution in [1.82, 2.24) is 4.98 Å². The number of pyridine rings is 1. The lowest BCUT2D eigenvalue weighted by Gasteiger charge is -2.24. The molecule has 4 rings (SSSR count). The second-order valence-electron chi connectivity index (χ2n) is 5.81. The monoisotopic (exact) mass is 369 g/mol. The fourth-order valence-corrected chi connectivity index (χ4v) is 4.86. The third kappa shape index (κ3) is 2.07. The second kappa shape index (κ2) is 5.67. The van der Waals surface area contributed by atoms with Gasteiger partial charge >= 0.3 is 10.6 Å². The average Bonchev–Trinajstić information content (AvgIpc) is 2.77. The third-order valence-electron chi connectivity index (χ3n) is 4.50. The van der Waals surface area contributed by atoms with E-state index < -0.39 is 9.79 Å². The smallest absolute Gasteiger partial charge is 0.347 e. The minimum Gasteiger partial charge on any atom is -0.417 e. The number of hydrogen-bond donors (Lipinski definition) is 1. The highest BCUT2D eigenvalue weighted by Crippen LogP contribution is 2.54. The maximum atomic E-state index is 11.9. The van der Waals surface area contributed by atoms with Gasteiger partial charge in [0.05, 0.1) is 21.5 Å². The van der Waals surface area contributed by atoms with Crippen molar-refractivity contribution in [2.75, 3.05) is 7.05 Å². The maximum absolute atomic E-state index is 11.9. The number of thioether (sulfide) groups is 1. The summed E-state index contributed by atoms with van der Waals surface area (Å²) in [5.41, 5.74) is 1.06. The molecule has 0 aromatic carbocycles. The van der Waals surface area contributed by atoms with Crippen molar-refractivity contribution in [3.63, 3.8) is 0 Å². The van der Waals surface area contributed by atoms with Crippen molar-refractivity contribution in [2.45, 2.75) is 4.87 Å². The lowest BCUT2D eigenvalue weighted by Crippen LogP contribution is -2.43. The van der Waals surface area contributed by atoms with E-state index in [1.807, 2.05) is 30.4 Å². The number of hydrogen-bond acceptors (Lipinski definition) is 6. The summed E-state index contributed by atoms with van der Waals surface area (Å²) in [6.45, 7) is 0. The number of allylic oxidation sites excluding steroid dienone is 7. The highest BCUT2D eigenvalue weighted by Gasteiger charge is 2.65. The lowest BCUT2D eigenvalue weighted by atomic mass is 9.92. The zero-order valence-corrected chi connectivity index (χ0v) is 14.4. The van der Waals surface area contributed by atoms with Gasteiger partial charge in [-0.2, -0.15) is 0 Å². The van der Waals surface area contributed by atoms with Crippen LogP contribution >= 0.6 is 11.8 Å². The molecule has 0 unspecified atom stereocenters. The van der Waals surface area contributed by atoms with E-state index >= 15 is 0 Å². The van der Waals surface area contributed by atoms with E-state index in [4.69, 9.17) is 0 Å². The van der Waals surface area contributed by atoms with E-state index in [2.05, 4.69) is 4.98 Å². The van der Waals surface area contributed by atoms with Gasteiger partial charge in [-0.1, -0.05) is 18.2 Å². The SMILES string of the molecule is C[N+]1=C2C=CC=CC=C2S[C@@]12C([N+](=O)[O-])=CC(=[N+]([O-])O)c1cccnc12. The molecule has 130 valence electrons. The van der Waals surface area contributed by atoms with E-state index in [1.165, 1.54) is 18.0 Å². The summed E-state index contributed by atoms with van der Waals surface area (Å²) in [4.78, 5) is 15.0. The van der Waals surface area contributed by atoms with Crippen molar-refractivity contribution in [2.24, 2.45) is 0 Å². The predicted octanol–water partition coefficient (Wildman–Crippen LogP) is 1.94. The van der Waals surface area contributed by atoms with Crippen molar-refractivity contribution in [1.29, 1.82) is 0 Å². The molecule has 1 aliphatic heterocycles. The summed E-state index contributed by atoms with van der Waals surface area (Å²) in [5.74, 6) is 0. The van der Waals surface area contributed by atoms with Crippen LogP contribution in [0.5, 0.6) is 0 Å². The van der Waals surface area contributed by atoms with Crippen LogP contribution < -0.4 is 0 Å². The van der Waals surface area contributed by atoms with Crippen LogP contribution in [0, 0.1) is 15.3 Å². The van der Waals surface area contributed by atoms with E-state index in [1.54, 1.807) is 23.8 Å². The molecule has 1 aromatic rings. The summed E-state index contributed by atoms with van der Waals surface area (Å²) < 4.78 is 1.79. The van der Waals surface area contributed by atoms with Gasteiger partial charge in [-0.25, -0.2) is 4.58 Å². The number of rotatable bonds is 1. The largest absolute Gasteiger partial charge is 0.417 e. The van der Waals surface area contributed by atoms with E-state index in [0.717, 1.165) is 16.7 Å². The minimum absolute atomic E-state index is 0.207. The normalized spacial score (nSPS) is 25.4. The summed E-state index contributed by atoms with van der Waals surface area (Å²) in [5, 5.41) is 33.0. The molecular formula is C17H13N4O4S+. The van der Waals surface area contributed by atoms with E-state index in [-0.39, 0.29) is 16.3 Å². The highest BCUT2D eigenvalue weighted by molar-refractivity contribution is 8.05. The van der Waals surface area contributed by atoms with Crippen molar-refractivity contribution in [3.8, 4) is 0 Å². The Hall–Kier alpha value is -3.20. The summed E-state index contributed by atoms with van der Waals surface area (Å²) in [6.07, 6.45) is 12.0. The molecule has 1 N–H and O–H groups in total. The Morgan fingerprint density at radius 3 is 2.85 bits per heavy atom. The first-order valence-corrected chi connectivity index (χ1v) is 8.49. The first kappa shape index (κ1) is 16.3. The predicted molar refractivity (Wildman–Crippen MR) is 95.7 cm³/mol. The number of nitrogens with zero attached hydrogens (tertiary/aromatic N) is 4. The second-order valence-corrected chi connectivity index (χ2v) is 7.04. The van der Waals surface area contributed by atoms with Crippen molar-refractivity contribution in [3.05, 3.63) is 92.0 Å². The van der Waals surface area contributed by atoms with Gasteiger partial charge in [-0.05, 0) is 30.0 Å². The van der Waals surface area contributed by atoms with Gasteiger partial charge in [0.2, 0.25) is 5.71 Å². The third-order valence-corrected chi connectivity index (χ3v) is 6.03. The maximum Gasteiger partial charge on any atom is 0.347 e. The fourth-order valence-electron chi connectivity index (χ4n) is 3.36. The Morgan fingerprint density at radius 2 is 2.12 bits per heavy atom. The van der Waals surface area contributed by atoms with Gasteiger partial charge in [0.25, 0.3) is 5.71 Å². The molecule has 26 heavy (non-hydrogen) atoms. The molecular weight excluding hydrogens is 356 g/mol. The van der Waals surface area contributed by atoms with Crippen molar-refractivity contribution >= 4 is 23.2 Å². The van der Waals surface area contributed by atoms with Crippen LogP contribution in [0.15, 0.2) is 65.4 Å². The van der Waals surface area contributed by atoms with Crippen molar-refractivity contribution < 1.29 is 19.6 Å². The van der Waals surface area contributed by atoms with E-state index in [0.29, 0.717) is 11.3 Å². The molecule has 0 fully saturated rings. The first-order chi connectivity index (χ1) is 12.5. The van der Waals surface area contributed by atoms with Crippen LogP contribution in [0.4, 0.5) is 0 Å². The molecule has 1 atom stereocenters. The van der Waals surface area contributed by atoms with Gasteiger partial charge in [0, 0.05) is 17.2 Å². The van der Waals surface area contributed by atoms with E-state index in [9.17, 15) is 20.5 Å². The summed E-state index contributed by atoms with van der Waals surface area (Å²) in [6, 6.07) is 3.24. The molecule has 0 saturated carbocycles. The Morgan fingerprint density at radius 1 is 1.31 bits per heavy atom. The van der Waals surface area contributed by atoms with Gasteiger partial charge in [-0.15, -0.1) is 0 Å². The quantitative estimate of drug-likeness (QED) is 0.267. The Kier molecular flexibility index (Phi) is 3.55. The van der Waals surface area contributed by atoms with Crippen LogP contribution in [0.2, 0.25) is 0 Å². The molecule has 0 saturated heterocycles. The average molecular weight is 369 g/mol. The summed E-state index contributed by atoms with van der Waals surface area (Å²) >= 11 is 1.29. The molecule has 1 aromatic heterocycles.